The number of carbonyl (C=O) groups is 2. The molecule has 0 fully saturated rings. The Morgan fingerprint density at radius 1 is 1.29 bits per heavy atom. The third-order valence-corrected chi connectivity index (χ3v) is 4.82. The Hall–Kier alpha value is -2.45. The summed E-state index contributed by atoms with van der Waals surface area (Å²) in [4.78, 5) is 27.2. The highest BCUT2D eigenvalue weighted by Gasteiger charge is 2.40. The number of ether oxygens (including phenoxy) is 3. The number of hydrogen-bond donors (Lipinski definition) is 0. The maximum Gasteiger partial charge on any atom is 0.333 e. The van der Waals surface area contributed by atoms with Gasteiger partial charge in [-0.1, -0.05) is 22.0 Å². The van der Waals surface area contributed by atoms with E-state index in [4.69, 9.17) is 14.2 Å². The maximum atomic E-state index is 14.0. The number of benzene rings is 2. The van der Waals surface area contributed by atoms with Crippen molar-refractivity contribution < 1.29 is 28.2 Å². The van der Waals surface area contributed by atoms with E-state index in [9.17, 15) is 14.0 Å². The zero-order valence-corrected chi connectivity index (χ0v) is 17.0. The Morgan fingerprint density at radius 3 is 2.79 bits per heavy atom. The molecule has 1 aliphatic heterocycles. The van der Waals surface area contributed by atoms with Crippen LogP contribution < -0.4 is 4.74 Å². The van der Waals surface area contributed by atoms with Crippen LogP contribution in [0.1, 0.15) is 34.5 Å². The van der Waals surface area contributed by atoms with Crippen LogP contribution in [-0.2, 0) is 20.8 Å². The molecule has 0 saturated carbocycles. The predicted molar refractivity (Wildman–Crippen MR) is 102 cm³/mol. The van der Waals surface area contributed by atoms with Crippen LogP contribution in [-0.4, -0.2) is 37.3 Å². The summed E-state index contributed by atoms with van der Waals surface area (Å²) in [5, 5.41) is 0. The molecule has 0 saturated heterocycles. The molecule has 8 heteroatoms. The summed E-state index contributed by atoms with van der Waals surface area (Å²) in [5.74, 6) is -1.31. The Bertz CT molecular complexity index is 904. The zero-order valence-electron chi connectivity index (χ0n) is 15.4. The summed E-state index contributed by atoms with van der Waals surface area (Å²) in [7, 11) is 1.45. The number of carbonyl (C=O) groups excluding carboxylic acids is 2. The van der Waals surface area contributed by atoms with Gasteiger partial charge in [-0.3, -0.25) is 4.79 Å². The molecule has 1 unspecified atom stereocenters. The van der Waals surface area contributed by atoms with Gasteiger partial charge in [0.2, 0.25) is 0 Å². The summed E-state index contributed by atoms with van der Waals surface area (Å²) in [5.41, 5.74) is 1.47. The van der Waals surface area contributed by atoms with Crippen molar-refractivity contribution >= 4 is 27.8 Å². The van der Waals surface area contributed by atoms with Gasteiger partial charge in [-0.2, -0.15) is 0 Å². The van der Waals surface area contributed by atoms with Gasteiger partial charge in [0.05, 0.1) is 6.61 Å². The SMILES string of the molecule is CCOC(=O)C(c1cc(F)ccc1OCOC)N1Cc2ccc(Br)cc2C1=O. The van der Waals surface area contributed by atoms with Gasteiger partial charge < -0.3 is 19.1 Å². The molecule has 0 radical (unpaired) electrons. The van der Waals surface area contributed by atoms with E-state index in [1.807, 2.05) is 12.1 Å². The van der Waals surface area contributed by atoms with Crippen molar-refractivity contribution in [3.8, 4) is 5.75 Å². The molecular weight excluding hydrogens is 433 g/mol. The molecule has 1 heterocycles. The fraction of sp³-hybridized carbons (Fsp3) is 0.300. The standard InChI is InChI=1S/C20H19BrFNO5/c1-3-27-20(25)18(16-9-14(22)6-7-17(16)28-11-26-2)23-10-12-4-5-13(21)8-15(12)19(23)24/h4-9,18H,3,10-11H2,1-2H3. The van der Waals surface area contributed by atoms with Crippen LogP contribution in [0.2, 0.25) is 0 Å². The average Bonchev–Trinajstić information content (AvgIpc) is 2.98. The molecule has 0 N–H and O–H groups in total. The lowest BCUT2D eigenvalue weighted by Crippen LogP contribution is -2.36. The number of fused-ring (bicyclic) bond motifs is 1. The second kappa shape index (κ2) is 8.70. The van der Waals surface area contributed by atoms with Gasteiger partial charge in [0.25, 0.3) is 5.91 Å². The summed E-state index contributed by atoms with van der Waals surface area (Å²) < 4.78 is 30.4. The molecular formula is C20H19BrFNO5. The molecule has 1 aliphatic rings. The van der Waals surface area contributed by atoms with Crippen LogP contribution in [0.4, 0.5) is 4.39 Å². The molecule has 6 nitrogen and oxygen atoms in total. The molecule has 1 atom stereocenters. The number of methoxy groups -OCH3 is 1. The number of halogens is 2. The van der Waals surface area contributed by atoms with Crippen molar-refractivity contribution in [1.82, 2.24) is 4.90 Å². The minimum atomic E-state index is -1.15. The van der Waals surface area contributed by atoms with Crippen LogP contribution in [0.15, 0.2) is 40.9 Å². The van der Waals surface area contributed by atoms with E-state index in [0.29, 0.717) is 5.56 Å². The lowest BCUT2D eigenvalue weighted by atomic mass is 10.0. The lowest BCUT2D eigenvalue weighted by Gasteiger charge is -2.27. The molecule has 3 rings (SSSR count). The monoisotopic (exact) mass is 451 g/mol. The molecule has 0 spiro atoms. The normalized spacial score (nSPS) is 14.0. The fourth-order valence-corrected chi connectivity index (χ4v) is 3.50. The Morgan fingerprint density at radius 2 is 2.07 bits per heavy atom. The van der Waals surface area contributed by atoms with Crippen molar-refractivity contribution in [3.63, 3.8) is 0 Å². The molecule has 0 bridgehead atoms. The summed E-state index contributed by atoms with van der Waals surface area (Å²) in [6.45, 7) is 1.90. The smallest absolute Gasteiger partial charge is 0.333 e. The van der Waals surface area contributed by atoms with Crippen molar-refractivity contribution in [1.29, 1.82) is 0 Å². The van der Waals surface area contributed by atoms with Gasteiger partial charge in [-0.25, -0.2) is 9.18 Å². The van der Waals surface area contributed by atoms with Gasteiger partial charge in [0.1, 0.15) is 11.6 Å². The minimum absolute atomic E-state index is 0.0880. The van der Waals surface area contributed by atoms with Crippen molar-refractivity contribution in [2.45, 2.75) is 19.5 Å². The molecule has 2 aromatic rings. The van der Waals surface area contributed by atoms with E-state index >= 15 is 0 Å². The Kier molecular flexibility index (Phi) is 6.31. The minimum Gasteiger partial charge on any atom is -0.467 e. The van der Waals surface area contributed by atoms with E-state index < -0.39 is 17.8 Å². The first-order valence-electron chi connectivity index (χ1n) is 8.63. The first kappa shape index (κ1) is 20.3. The quantitative estimate of drug-likeness (QED) is 0.472. The second-order valence-corrected chi connectivity index (χ2v) is 7.04. The van der Waals surface area contributed by atoms with E-state index in [-0.39, 0.29) is 37.2 Å². The Balaban J connectivity index is 2.06. The first-order valence-corrected chi connectivity index (χ1v) is 9.42. The average molecular weight is 452 g/mol. The summed E-state index contributed by atoms with van der Waals surface area (Å²) >= 11 is 3.35. The van der Waals surface area contributed by atoms with Gasteiger partial charge in [0.15, 0.2) is 12.8 Å². The second-order valence-electron chi connectivity index (χ2n) is 6.12. The number of rotatable bonds is 7. The van der Waals surface area contributed by atoms with Crippen LogP contribution in [0, 0.1) is 5.82 Å². The predicted octanol–water partition coefficient (Wildman–Crippen LogP) is 3.83. The van der Waals surface area contributed by atoms with E-state index in [2.05, 4.69) is 15.9 Å². The first-order chi connectivity index (χ1) is 13.5. The maximum absolute atomic E-state index is 14.0. The van der Waals surface area contributed by atoms with Crippen molar-refractivity contribution in [3.05, 3.63) is 63.4 Å². The number of hydrogen-bond acceptors (Lipinski definition) is 5. The highest BCUT2D eigenvalue weighted by atomic mass is 79.9. The molecule has 2 aromatic carbocycles. The number of amides is 1. The number of nitrogens with zero attached hydrogens (tertiary/aromatic N) is 1. The topological polar surface area (TPSA) is 65.1 Å². The van der Waals surface area contributed by atoms with Crippen molar-refractivity contribution in [2.75, 3.05) is 20.5 Å². The fourth-order valence-electron chi connectivity index (χ4n) is 3.13. The van der Waals surface area contributed by atoms with E-state index in [1.54, 1.807) is 13.0 Å². The number of esters is 1. The summed E-state index contributed by atoms with van der Waals surface area (Å²) in [6, 6.07) is 7.99. The van der Waals surface area contributed by atoms with E-state index in [1.165, 1.54) is 30.2 Å². The van der Waals surface area contributed by atoms with Crippen molar-refractivity contribution in [2.24, 2.45) is 0 Å². The highest BCUT2D eigenvalue weighted by molar-refractivity contribution is 9.10. The Labute approximate surface area is 170 Å². The molecule has 0 aliphatic carbocycles. The van der Waals surface area contributed by atoms with Gasteiger partial charge >= 0.3 is 5.97 Å². The summed E-state index contributed by atoms with van der Waals surface area (Å²) in [6.07, 6.45) is 0. The zero-order chi connectivity index (χ0) is 20.3. The highest BCUT2D eigenvalue weighted by Crippen LogP contribution is 2.37. The third kappa shape index (κ3) is 4.02. The molecule has 0 aromatic heterocycles. The molecule has 1 amide bonds. The lowest BCUT2D eigenvalue weighted by molar-refractivity contribution is -0.149. The molecule has 28 heavy (non-hydrogen) atoms. The van der Waals surface area contributed by atoms with Crippen LogP contribution in [0.5, 0.6) is 5.75 Å². The van der Waals surface area contributed by atoms with Crippen LogP contribution in [0.25, 0.3) is 0 Å². The van der Waals surface area contributed by atoms with Gasteiger partial charge in [-0.05, 0) is 42.8 Å². The van der Waals surface area contributed by atoms with Gasteiger partial charge in [0, 0.05) is 29.3 Å². The van der Waals surface area contributed by atoms with E-state index in [0.717, 1.165) is 10.0 Å². The largest absolute Gasteiger partial charge is 0.467 e. The molecule has 148 valence electrons. The van der Waals surface area contributed by atoms with Gasteiger partial charge in [-0.15, -0.1) is 0 Å². The van der Waals surface area contributed by atoms with Crippen LogP contribution >= 0.6 is 15.9 Å². The third-order valence-electron chi connectivity index (χ3n) is 4.32. The van der Waals surface area contributed by atoms with Crippen LogP contribution in [0.3, 0.4) is 0 Å².